The molecule has 1 N–H and O–H groups in total. The number of benzene rings is 2. The lowest BCUT2D eigenvalue weighted by atomic mass is 9.92. The standard InChI is InChI=1S/C19H21NO4S/c1-5-20-18(25)13-11-14(22-2)16(23-3)17(24-4)15(13)19(20,21)12-9-7-6-8-10-12/h6-11,21H,5H2,1-4H3. The zero-order valence-corrected chi connectivity index (χ0v) is 15.5. The van der Waals surface area contributed by atoms with E-state index in [4.69, 9.17) is 26.4 Å². The van der Waals surface area contributed by atoms with Gasteiger partial charge in [0.25, 0.3) is 0 Å². The molecule has 1 heterocycles. The largest absolute Gasteiger partial charge is 0.493 e. The van der Waals surface area contributed by atoms with E-state index >= 15 is 0 Å². The van der Waals surface area contributed by atoms with Crippen molar-refractivity contribution in [3.63, 3.8) is 0 Å². The number of thiocarbonyl (C=S) groups is 1. The van der Waals surface area contributed by atoms with Crippen molar-refractivity contribution in [2.75, 3.05) is 27.9 Å². The summed E-state index contributed by atoms with van der Waals surface area (Å²) < 4.78 is 16.6. The Labute approximate surface area is 152 Å². The first-order chi connectivity index (χ1) is 12.0. The second-order valence-electron chi connectivity index (χ2n) is 5.66. The molecule has 0 aromatic heterocycles. The highest BCUT2D eigenvalue weighted by molar-refractivity contribution is 7.80. The minimum Gasteiger partial charge on any atom is -0.493 e. The molecule has 6 heteroatoms. The predicted molar refractivity (Wildman–Crippen MR) is 99.6 cm³/mol. The van der Waals surface area contributed by atoms with E-state index in [9.17, 15) is 5.11 Å². The van der Waals surface area contributed by atoms with Crippen LogP contribution in [0.2, 0.25) is 0 Å². The lowest BCUT2D eigenvalue weighted by Gasteiger charge is -2.35. The molecule has 5 nitrogen and oxygen atoms in total. The molecule has 25 heavy (non-hydrogen) atoms. The number of ether oxygens (including phenoxy) is 3. The van der Waals surface area contributed by atoms with E-state index in [1.165, 1.54) is 0 Å². The van der Waals surface area contributed by atoms with Crippen molar-refractivity contribution in [2.45, 2.75) is 12.6 Å². The summed E-state index contributed by atoms with van der Waals surface area (Å²) in [5, 5.41) is 11.8. The van der Waals surface area contributed by atoms with E-state index in [0.717, 1.165) is 0 Å². The van der Waals surface area contributed by atoms with Crippen molar-refractivity contribution in [3.8, 4) is 17.2 Å². The Bertz CT molecular complexity index is 809. The number of hydrogen-bond donors (Lipinski definition) is 1. The van der Waals surface area contributed by atoms with Gasteiger partial charge in [-0.05, 0) is 13.0 Å². The first kappa shape index (κ1) is 17.5. The molecule has 0 spiro atoms. The highest BCUT2D eigenvalue weighted by Crippen LogP contribution is 2.53. The second kappa shape index (κ2) is 6.54. The monoisotopic (exact) mass is 359 g/mol. The maximum atomic E-state index is 11.8. The number of rotatable bonds is 5. The zero-order valence-electron chi connectivity index (χ0n) is 14.7. The van der Waals surface area contributed by atoms with Crippen LogP contribution in [0.25, 0.3) is 0 Å². The average molecular weight is 359 g/mol. The Balaban J connectivity index is 2.40. The van der Waals surface area contributed by atoms with Gasteiger partial charge < -0.3 is 24.2 Å². The van der Waals surface area contributed by atoms with Gasteiger partial charge in [-0.15, -0.1) is 0 Å². The minimum atomic E-state index is -1.44. The van der Waals surface area contributed by atoms with Crippen molar-refractivity contribution in [3.05, 3.63) is 53.1 Å². The molecular weight excluding hydrogens is 338 g/mol. The van der Waals surface area contributed by atoms with Crippen LogP contribution in [-0.4, -0.2) is 42.9 Å². The average Bonchev–Trinajstić information content (AvgIpc) is 2.88. The van der Waals surface area contributed by atoms with Crippen LogP contribution in [0.1, 0.15) is 23.6 Å². The van der Waals surface area contributed by atoms with E-state index in [2.05, 4.69) is 0 Å². The number of aliphatic hydroxyl groups is 1. The van der Waals surface area contributed by atoms with Gasteiger partial charge in [-0.25, -0.2) is 0 Å². The van der Waals surface area contributed by atoms with Gasteiger partial charge in [0.2, 0.25) is 5.75 Å². The van der Waals surface area contributed by atoms with Gasteiger partial charge in [-0.3, -0.25) is 0 Å². The smallest absolute Gasteiger partial charge is 0.203 e. The van der Waals surface area contributed by atoms with Crippen molar-refractivity contribution in [2.24, 2.45) is 0 Å². The van der Waals surface area contributed by atoms with Gasteiger partial charge in [0, 0.05) is 17.7 Å². The van der Waals surface area contributed by atoms with Crippen LogP contribution in [0.3, 0.4) is 0 Å². The first-order valence-corrected chi connectivity index (χ1v) is 8.38. The predicted octanol–water partition coefficient (Wildman–Crippen LogP) is 2.92. The van der Waals surface area contributed by atoms with Crippen LogP contribution in [0.5, 0.6) is 17.2 Å². The SMILES string of the molecule is CCN1C(=S)c2cc(OC)c(OC)c(OC)c2C1(O)c1ccccc1. The van der Waals surface area contributed by atoms with Crippen LogP contribution in [0.4, 0.5) is 0 Å². The summed E-state index contributed by atoms with van der Waals surface area (Å²) in [4.78, 5) is 2.33. The van der Waals surface area contributed by atoms with Gasteiger partial charge >= 0.3 is 0 Å². The van der Waals surface area contributed by atoms with Gasteiger partial charge in [-0.1, -0.05) is 42.5 Å². The maximum absolute atomic E-state index is 11.8. The molecule has 2 aromatic rings. The van der Waals surface area contributed by atoms with E-state index in [0.29, 0.717) is 45.5 Å². The fraction of sp³-hybridized carbons (Fsp3) is 0.316. The van der Waals surface area contributed by atoms with Crippen molar-refractivity contribution in [1.82, 2.24) is 4.90 Å². The van der Waals surface area contributed by atoms with Gasteiger partial charge in [0.15, 0.2) is 17.2 Å². The molecule has 0 radical (unpaired) electrons. The van der Waals surface area contributed by atoms with Crippen LogP contribution in [0.15, 0.2) is 36.4 Å². The Morgan fingerprint density at radius 2 is 1.68 bits per heavy atom. The molecule has 0 bridgehead atoms. The van der Waals surface area contributed by atoms with Gasteiger partial charge in [-0.2, -0.15) is 0 Å². The molecular formula is C19H21NO4S. The molecule has 1 aliphatic rings. The molecule has 0 saturated carbocycles. The highest BCUT2D eigenvalue weighted by Gasteiger charge is 2.50. The van der Waals surface area contributed by atoms with Gasteiger partial charge in [0.05, 0.1) is 26.9 Å². The van der Waals surface area contributed by atoms with Crippen LogP contribution in [0, 0.1) is 0 Å². The molecule has 1 aliphatic heterocycles. The molecule has 132 valence electrons. The maximum Gasteiger partial charge on any atom is 0.203 e. The normalized spacial score (nSPS) is 18.9. The van der Waals surface area contributed by atoms with E-state index in [-0.39, 0.29) is 0 Å². The first-order valence-electron chi connectivity index (χ1n) is 7.97. The third-order valence-corrected chi connectivity index (χ3v) is 4.98. The molecule has 3 rings (SSSR count). The van der Waals surface area contributed by atoms with E-state index in [1.54, 1.807) is 32.3 Å². The molecule has 0 aliphatic carbocycles. The number of nitrogens with zero attached hydrogens (tertiary/aromatic N) is 1. The fourth-order valence-corrected chi connectivity index (χ4v) is 3.86. The lowest BCUT2D eigenvalue weighted by Crippen LogP contribution is -2.44. The van der Waals surface area contributed by atoms with Crippen LogP contribution in [-0.2, 0) is 5.72 Å². The molecule has 0 saturated heterocycles. The van der Waals surface area contributed by atoms with Crippen LogP contribution >= 0.6 is 12.2 Å². The van der Waals surface area contributed by atoms with Crippen molar-refractivity contribution < 1.29 is 19.3 Å². The van der Waals surface area contributed by atoms with Crippen molar-refractivity contribution in [1.29, 1.82) is 0 Å². The minimum absolute atomic E-state index is 0.418. The number of methoxy groups -OCH3 is 3. The summed E-state index contributed by atoms with van der Waals surface area (Å²) >= 11 is 5.65. The van der Waals surface area contributed by atoms with Gasteiger partial charge in [0.1, 0.15) is 4.99 Å². The summed E-state index contributed by atoms with van der Waals surface area (Å²) in [7, 11) is 4.64. The second-order valence-corrected chi connectivity index (χ2v) is 6.04. The van der Waals surface area contributed by atoms with E-state index < -0.39 is 5.72 Å². The highest BCUT2D eigenvalue weighted by atomic mass is 32.1. The summed E-state index contributed by atoms with van der Waals surface area (Å²) in [5.74, 6) is 1.36. The van der Waals surface area contributed by atoms with E-state index in [1.807, 2.05) is 37.3 Å². The van der Waals surface area contributed by atoms with Crippen LogP contribution < -0.4 is 14.2 Å². The Kier molecular flexibility index (Phi) is 4.58. The topological polar surface area (TPSA) is 51.2 Å². The molecule has 2 aromatic carbocycles. The Morgan fingerprint density at radius 1 is 1.04 bits per heavy atom. The summed E-state index contributed by atoms with van der Waals surface area (Å²) in [6.07, 6.45) is 0. The number of fused-ring (bicyclic) bond motifs is 1. The Hall–Kier alpha value is -2.31. The zero-order chi connectivity index (χ0) is 18.2. The number of hydrogen-bond acceptors (Lipinski definition) is 5. The molecule has 0 fully saturated rings. The quantitative estimate of drug-likeness (QED) is 0.829. The Morgan fingerprint density at radius 3 is 2.20 bits per heavy atom. The third-order valence-electron chi connectivity index (χ3n) is 4.54. The molecule has 0 amide bonds. The fourth-order valence-electron chi connectivity index (χ4n) is 3.44. The molecule has 1 atom stereocenters. The third kappa shape index (κ3) is 2.36. The molecule has 1 unspecified atom stereocenters. The summed E-state index contributed by atoms with van der Waals surface area (Å²) in [6, 6.07) is 11.2. The van der Waals surface area contributed by atoms with Crippen molar-refractivity contribution >= 4 is 17.2 Å². The lowest BCUT2D eigenvalue weighted by molar-refractivity contribution is -0.0276. The summed E-state index contributed by atoms with van der Waals surface area (Å²) in [6.45, 7) is 2.49. The summed E-state index contributed by atoms with van der Waals surface area (Å²) in [5.41, 5.74) is 0.555.